The van der Waals surface area contributed by atoms with E-state index in [1.54, 1.807) is 12.1 Å². The zero-order valence-corrected chi connectivity index (χ0v) is 13.6. The number of nitro groups is 1. The molecule has 0 unspecified atom stereocenters. The van der Waals surface area contributed by atoms with E-state index in [2.05, 4.69) is 20.1 Å². The second-order valence-electron chi connectivity index (χ2n) is 6.22. The number of aryl methyl sites for hydroxylation is 1. The van der Waals surface area contributed by atoms with Gasteiger partial charge in [-0.3, -0.25) is 15.2 Å². The summed E-state index contributed by atoms with van der Waals surface area (Å²) in [4.78, 5) is 17.0. The summed E-state index contributed by atoms with van der Waals surface area (Å²) in [5.74, 6) is 2.04. The summed E-state index contributed by atoms with van der Waals surface area (Å²) in [6.07, 6.45) is 1.16. The van der Waals surface area contributed by atoms with Gasteiger partial charge in [-0.1, -0.05) is 12.1 Å². The number of aliphatic hydroxyl groups is 1. The number of nitro benzene ring substituents is 1. The summed E-state index contributed by atoms with van der Waals surface area (Å²) in [6, 6.07) is 6.20. The molecule has 2 aromatic rings. The van der Waals surface area contributed by atoms with Gasteiger partial charge in [-0.2, -0.15) is 5.10 Å². The van der Waals surface area contributed by atoms with Crippen LogP contribution in [0.4, 0.5) is 5.69 Å². The number of benzene rings is 1. The van der Waals surface area contributed by atoms with Gasteiger partial charge in [0.15, 0.2) is 5.82 Å². The molecule has 2 N–H and O–H groups in total. The Balaban J connectivity index is 1.55. The average Bonchev–Trinajstić information content (AvgIpc) is 3.02. The molecule has 0 bridgehead atoms. The molecule has 0 aliphatic carbocycles. The van der Waals surface area contributed by atoms with Gasteiger partial charge < -0.3 is 10.0 Å². The number of hydrogen-bond acceptors (Lipinski definition) is 6. The third kappa shape index (κ3) is 3.77. The lowest BCUT2D eigenvalue weighted by Crippen LogP contribution is -2.36. The van der Waals surface area contributed by atoms with Crippen LogP contribution in [0.5, 0.6) is 0 Å². The molecule has 8 heteroatoms. The van der Waals surface area contributed by atoms with Crippen molar-refractivity contribution in [1.29, 1.82) is 0 Å². The highest BCUT2D eigenvalue weighted by Gasteiger charge is 2.25. The molecule has 3 rings (SSSR count). The quantitative estimate of drug-likeness (QED) is 0.640. The number of aromatic amines is 1. The van der Waals surface area contributed by atoms with Crippen LogP contribution in [0.25, 0.3) is 0 Å². The SMILES string of the molecule is Cc1nc(C2CCN(C[C@H](O)c3cccc([N+](=O)[O-])c3)CC2)n[nH]1. The highest BCUT2D eigenvalue weighted by Crippen LogP contribution is 2.27. The van der Waals surface area contributed by atoms with E-state index in [0.717, 1.165) is 37.6 Å². The van der Waals surface area contributed by atoms with Gasteiger partial charge in [0.2, 0.25) is 0 Å². The van der Waals surface area contributed by atoms with Gasteiger partial charge in [0.25, 0.3) is 5.69 Å². The minimum atomic E-state index is -0.729. The minimum absolute atomic E-state index is 0.00485. The topological polar surface area (TPSA) is 108 Å². The molecule has 1 saturated heterocycles. The van der Waals surface area contributed by atoms with Crippen LogP contribution in [0.1, 0.15) is 42.1 Å². The number of nitrogens with one attached hydrogen (secondary N) is 1. The van der Waals surface area contributed by atoms with Crippen molar-refractivity contribution in [3.63, 3.8) is 0 Å². The Morgan fingerprint density at radius 2 is 2.21 bits per heavy atom. The highest BCUT2D eigenvalue weighted by atomic mass is 16.6. The number of hydrogen-bond donors (Lipinski definition) is 2. The zero-order chi connectivity index (χ0) is 17.1. The molecule has 0 radical (unpaired) electrons. The summed E-state index contributed by atoms with van der Waals surface area (Å²) in [5, 5.41) is 28.3. The van der Waals surface area contributed by atoms with E-state index >= 15 is 0 Å². The van der Waals surface area contributed by atoms with Crippen LogP contribution in [-0.4, -0.2) is 49.7 Å². The number of rotatable bonds is 5. The fourth-order valence-electron chi connectivity index (χ4n) is 3.11. The maximum atomic E-state index is 10.8. The molecule has 1 fully saturated rings. The molecule has 0 spiro atoms. The first-order valence-electron chi connectivity index (χ1n) is 8.06. The van der Waals surface area contributed by atoms with Crippen molar-refractivity contribution in [3.05, 3.63) is 51.6 Å². The lowest BCUT2D eigenvalue weighted by molar-refractivity contribution is -0.385. The number of likely N-dealkylation sites (tertiary alicyclic amines) is 1. The molecular formula is C16H21N5O3. The Morgan fingerprint density at radius 3 is 2.83 bits per heavy atom. The largest absolute Gasteiger partial charge is 0.387 e. The van der Waals surface area contributed by atoms with Crippen LogP contribution in [0.15, 0.2) is 24.3 Å². The summed E-state index contributed by atoms with van der Waals surface area (Å²) < 4.78 is 0. The first-order valence-corrected chi connectivity index (χ1v) is 8.06. The Labute approximate surface area is 139 Å². The molecule has 1 aliphatic heterocycles. The second kappa shape index (κ2) is 7.06. The number of aromatic nitrogens is 3. The standard InChI is InChI=1S/C16H21N5O3/c1-11-17-16(19-18-11)12-5-7-20(8-6-12)10-15(22)13-3-2-4-14(9-13)21(23)24/h2-4,9,12,15,22H,5-8,10H2,1H3,(H,17,18,19)/t15-/m0/s1. The Hall–Kier alpha value is -2.32. The number of β-amino-alcohol motifs (C(OH)–C–C–N with tert-alkyl or cyclic N) is 1. The van der Waals surface area contributed by atoms with Crippen molar-refractivity contribution >= 4 is 5.69 Å². The van der Waals surface area contributed by atoms with E-state index in [1.165, 1.54) is 12.1 Å². The Bertz CT molecular complexity index is 709. The maximum absolute atomic E-state index is 10.8. The fourth-order valence-corrected chi connectivity index (χ4v) is 3.11. The van der Waals surface area contributed by atoms with Crippen LogP contribution in [0.3, 0.4) is 0 Å². The summed E-state index contributed by atoms with van der Waals surface area (Å²) in [5.41, 5.74) is 0.584. The van der Waals surface area contributed by atoms with Crippen molar-refractivity contribution in [3.8, 4) is 0 Å². The van der Waals surface area contributed by atoms with Gasteiger partial charge in [-0.05, 0) is 38.4 Å². The van der Waals surface area contributed by atoms with Crippen LogP contribution in [0, 0.1) is 17.0 Å². The van der Waals surface area contributed by atoms with Crippen molar-refractivity contribution < 1.29 is 10.0 Å². The Morgan fingerprint density at radius 1 is 1.46 bits per heavy atom. The van der Waals surface area contributed by atoms with Crippen LogP contribution >= 0.6 is 0 Å². The highest BCUT2D eigenvalue weighted by molar-refractivity contribution is 5.35. The van der Waals surface area contributed by atoms with Gasteiger partial charge in [-0.25, -0.2) is 4.98 Å². The van der Waals surface area contributed by atoms with Crippen LogP contribution < -0.4 is 0 Å². The van der Waals surface area contributed by atoms with E-state index in [0.29, 0.717) is 18.0 Å². The number of nitrogens with zero attached hydrogens (tertiary/aromatic N) is 4. The van der Waals surface area contributed by atoms with Gasteiger partial charge in [-0.15, -0.1) is 0 Å². The molecule has 2 heterocycles. The number of piperidine rings is 1. The Kier molecular flexibility index (Phi) is 4.86. The first kappa shape index (κ1) is 16.5. The van der Waals surface area contributed by atoms with Crippen LogP contribution in [0.2, 0.25) is 0 Å². The zero-order valence-electron chi connectivity index (χ0n) is 13.6. The summed E-state index contributed by atoms with van der Waals surface area (Å²) >= 11 is 0. The molecule has 8 nitrogen and oxygen atoms in total. The summed E-state index contributed by atoms with van der Waals surface area (Å²) in [7, 11) is 0. The van der Waals surface area contributed by atoms with Gasteiger partial charge in [0.05, 0.1) is 11.0 Å². The lowest BCUT2D eigenvalue weighted by atomic mass is 9.95. The summed E-state index contributed by atoms with van der Waals surface area (Å²) in [6.45, 7) is 4.07. The van der Waals surface area contributed by atoms with E-state index in [9.17, 15) is 15.2 Å². The van der Waals surface area contributed by atoms with E-state index in [-0.39, 0.29) is 5.69 Å². The van der Waals surface area contributed by atoms with Crippen molar-refractivity contribution in [2.75, 3.05) is 19.6 Å². The third-order valence-corrected chi connectivity index (χ3v) is 4.46. The van der Waals surface area contributed by atoms with Crippen molar-refractivity contribution in [2.24, 2.45) is 0 Å². The predicted octanol–water partition coefficient (Wildman–Crippen LogP) is 1.93. The van der Waals surface area contributed by atoms with Gasteiger partial charge >= 0.3 is 0 Å². The lowest BCUT2D eigenvalue weighted by Gasteiger charge is -2.32. The first-order chi connectivity index (χ1) is 11.5. The average molecular weight is 331 g/mol. The molecule has 1 aliphatic rings. The number of H-pyrrole nitrogens is 1. The minimum Gasteiger partial charge on any atom is -0.387 e. The second-order valence-corrected chi connectivity index (χ2v) is 6.22. The monoisotopic (exact) mass is 331 g/mol. The predicted molar refractivity (Wildman–Crippen MR) is 87.6 cm³/mol. The van der Waals surface area contributed by atoms with E-state index in [1.807, 2.05) is 6.92 Å². The molecular weight excluding hydrogens is 310 g/mol. The fraction of sp³-hybridized carbons (Fsp3) is 0.500. The number of non-ortho nitro benzene ring substituents is 1. The van der Waals surface area contributed by atoms with E-state index < -0.39 is 11.0 Å². The molecule has 1 aromatic carbocycles. The molecule has 0 amide bonds. The number of aliphatic hydroxyl groups excluding tert-OH is 1. The molecule has 0 saturated carbocycles. The van der Waals surface area contributed by atoms with Crippen LogP contribution in [-0.2, 0) is 0 Å². The molecule has 24 heavy (non-hydrogen) atoms. The normalized spacial score (nSPS) is 17.8. The maximum Gasteiger partial charge on any atom is 0.269 e. The molecule has 1 atom stereocenters. The van der Waals surface area contributed by atoms with Gasteiger partial charge in [0, 0.05) is 24.6 Å². The molecule has 128 valence electrons. The van der Waals surface area contributed by atoms with Crippen molar-refractivity contribution in [2.45, 2.75) is 31.8 Å². The van der Waals surface area contributed by atoms with Gasteiger partial charge in [0.1, 0.15) is 5.82 Å². The molecule has 1 aromatic heterocycles. The smallest absolute Gasteiger partial charge is 0.269 e. The van der Waals surface area contributed by atoms with Crippen molar-refractivity contribution in [1.82, 2.24) is 20.1 Å². The third-order valence-electron chi connectivity index (χ3n) is 4.46. The van der Waals surface area contributed by atoms with E-state index in [4.69, 9.17) is 0 Å².